The van der Waals surface area contributed by atoms with E-state index >= 15 is 0 Å². The van der Waals surface area contributed by atoms with Crippen molar-refractivity contribution in [3.05, 3.63) is 77.4 Å². The zero-order chi connectivity index (χ0) is 19.5. The number of carbonyl (C=O) groups excluding carboxylic acids is 1. The van der Waals surface area contributed by atoms with E-state index in [0.717, 1.165) is 16.8 Å². The number of amides is 2. The minimum absolute atomic E-state index is 0.227. The standard InChI is InChI=1S/C20H18ClN5O2/c1-25-20(27)26(24-23-25)17-6-2-3-7-18(17)28-13-14-9-11-15(12-10-14)16-5-4-8-19(21)22-16/h2-12,23-24H,13H2,1H3. The van der Waals surface area contributed by atoms with E-state index in [1.807, 2.05) is 60.7 Å². The van der Waals surface area contributed by atoms with Crippen LogP contribution in [-0.4, -0.2) is 23.1 Å². The molecule has 0 spiro atoms. The highest BCUT2D eigenvalue weighted by Gasteiger charge is 2.28. The molecule has 1 saturated heterocycles. The van der Waals surface area contributed by atoms with Crippen molar-refractivity contribution in [2.45, 2.75) is 6.61 Å². The van der Waals surface area contributed by atoms with Gasteiger partial charge in [-0.05, 0) is 29.8 Å². The monoisotopic (exact) mass is 395 g/mol. The number of hydrogen-bond donors (Lipinski definition) is 2. The molecule has 0 radical (unpaired) electrons. The number of nitrogens with zero attached hydrogens (tertiary/aromatic N) is 3. The molecule has 2 N–H and O–H groups in total. The van der Waals surface area contributed by atoms with Gasteiger partial charge < -0.3 is 4.74 Å². The fourth-order valence-corrected chi connectivity index (χ4v) is 2.96. The predicted molar refractivity (Wildman–Crippen MR) is 107 cm³/mol. The molecule has 2 amide bonds. The van der Waals surface area contributed by atoms with E-state index in [0.29, 0.717) is 23.2 Å². The predicted octanol–water partition coefficient (Wildman–Crippen LogP) is 3.78. The Bertz CT molecular complexity index is 996. The molecule has 1 aromatic heterocycles. The second kappa shape index (κ2) is 7.85. The maximum Gasteiger partial charge on any atom is 0.355 e. The van der Waals surface area contributed by atoms with Gasteiger partial charge in [0.05, 0.1) is 5.69 Å². The van der Waals surface area contributed by atoms with Crippen molar-refractivity contribution in [3.63, 3.8) is 0 Å². The molecular formula is C20H18ClN5O2. The van der Waals surface area contributed by atoms with Crippen molar-refractivity contribution >= 4 is 23.3 Å². The summed E-state index contributed by atoms with van der Waals surface area (Å²) in [6.45, 7) is 0.367. The number of para-hydroxylation sites is 2. The molecule has 0 bridgehead atoms. The van der Waals surface area contributed by atoms with Crippen LogP contribution >= 0.6 is 11.6 Å². The van der Waals surface area contributed by atoms with Gasteiger partial charge in [0, 0.05) is 12.6 Å². The average molecular weight is 396 g/mol. The van der Waals surface area contributed by atoms with Gasteiger partial charge in [-0.15, -0.1) is 11.1 Å². The molecule has 2 aromatic carbocycles. The lowest BCUT2D eigenvalue weighted by Gasteiger charge is -2.18. The second-order valence-corrected chi connectivity index (χ2v) is 6.59. The van der Waals surface area contributed by atoms with E-state index in [1.165, 1.54) is 10.0 Å². The van der Waals surface area contributed by atoms with Crippen molar-refractivity contribution in [2.75, 3.05) is 12.1 Å². The van der Waals surface area contributed by atoms with Gasteiger partial charge in [-0.25, -0.2) is 19.8 Å². The van der Waals surface area contributed by atoms with E-state index in [4.69, 9.17) is 16.3 Å². The van der Waals surface area contributed by atoms with Crippen molar-refractivity contribution < 1.29 is 9.53 Å². The van der Waals surface area contributed by atoms with Crippen LogP contribution in [0.2, 0.25) is 5.15 Å². The summed E-state index contributed by atoms with van der Waals surface area (Å²) in [5.74, 6) is 0.598. The lowest BCUT2D eigenvalue weighted by molar-refractivity contribution is 0.214. The van der Waals surface area contributed by atoms with Crippen LogP contribution in [0.5, 0.6) is 5.75 Å². The van der Waals surface area contributed by atoms with Crippen LogP contribution in [0.25, 0.3) is 11.3 Å². The van der Waals surface area contributed by atoms with Gasteiger partial charge in [-0.1, -0.05) is 54.1 Å². The minimum Gasteiger partial charge on any atom is -0.487 e. The molecule has 0 aliphatic carbocycles. The Morgan fingerprint density at radius 2 is 1.79 bits per heavy atom. The Morgan fingerprint density at radius 1 is 1.00 bits per heavy atom. The number of halogens is 1. The fraction of sp³-hybridized carbons (Fsp3) is 0.100. The molecule has 1 fully saturated rings. The molecule has 4 rings (SSSR count). The molecule has 2 heterocycles. The number of benzene rings is 2. The summed E-state index contributed by atoms with van der Waals surface area (Å²) in [5.41, 5.74) is 8.96. The second-order valence-electron chi connectivity index (χ2n) is 6.20. The van der Waals surface area contributed by atoms with E-state index in [9.17, 15) is 4.79 Å². The number of hydrazine groups is 3. The summed E-state index contributed by atoms with van der Waals surface area (Å²) in [6.07, 6.45) is 0. The highest BCUT2D eigenvalue weighted by molar-refractivity contribution is 6.29. The zero-order valence-corrected chi connectivity index (χ0v) is 15.8. The van der Waals surface area contributed by atoms with Crippen LogP contribution in [0.1, 0.15) is 5.56 Å². The van der Waals surface area contributed by atoms with Crippen molar-refractivity contribution in [1.82, 2.24) is 21.1 Å². The highest BCUT2D eigenvalue weighted by Crippen LogP contribution is 2.29. The summed E-state index contributed by atoms with van der Waals surface area (Å²) in [7, 11) is 1.63. The average Bonchev–Trinajstić information content (AvgIpc) is 3.05. The summed E-state index contributed by atoms with van der Waals surface area (Å²) in [4.78, 5) is 16.5. The first-order chi connectivity index (χ1) is 13.6. The van der Waals surface area contributed by atoms with Crippen LogP contribution in [0.4, 0.5) is 10.5 Å². The Balaban J connectivity index is 1.47. The molecular weight excluding hydrogens is 378 g/mol. The lowest BCUT2D eigenvalue weighted by atomic mass is 10.1. The number of aromatic nitrogens is 1. The quantitative estimate of drug-likeness (QED) is 0.643. The number of hydrogen-bond acceptors (Lipinski definition) is 5. The molecule has 1 aliphatic rings. The van der Waals surface area contributed by atoms with Gasteiger partial charge in [0.1, 0.15) is 23.2 Å². The highest BCUT2D eigenvalue weighted by atomic mass is 35.5. The van der Waals surface area contributed by atoms with E-state index < -0.39 is 0 Å². The molecule has 28 heavy (non-hydrogen) atoms. The maximum atomic E-state index is 12.2. The molecule has 0 unspecified atom stereocenters. The summed E-state index contributed by atoms with van der Waals surface area (Å²) in [5, 5.41) is 3.20. The van der Waals surface area contributed by atoms with E-state index in [2.05, 4.69) is 16.1 Å². The summed E-state index contributed by atoms with van der Waals surface area (Å²) < 4.78 is 5.97. The molecule has 7 nitrogen and oxygen atoms in total. The molecule has 3 aromatic rings. The Labute approximate surface area is 167 Å². The number of nitrogens with one attached hydrogen (secondary N) is 2. The third-order valence-corrected chi connectivity index (χ3v) is 4.48. The first-order valence-corrected chi connectivity index (χ1v) is 9.02. The normalized spacial score (nSPS) is 13.9. The van der Waals surface area contributed by atoms with Crippen molar-refractivity contribution in [1.29, 1.82) is 0 Å². The van der Waals surface area contributed by atoms with Gasteiger partial charge >= 0.3 is 6.03 Å². The van der Waals surface area contributed by atoms with Crippen LogP contribution < -0.4 is 20.8 Å². The van der Waals surface area contributed by atoms with Crippen LogP contribution in [0.15, 0.2) is 66.7 Å². The topological polar surface area (TPSA) is 69.7 Å². The Morgan fingerprint density at radius 3 is 2.50 bits per heavy atom. The van der Waals surface area contributed by atoms with Crippen molar-refractivity contribution in [3.8, 4) is 17.0 Å². The minimum atomic E-state index is -0.227. The van der Waals surface area contributed by atoms with Crippen molar-refractivity contribution in [2.24, 2.45) is 0 Å². The fourth-order valence-electron chi connectivity index (χ4n) is 2.80. The molecule has 1 aliphatic heterocycles. The van der Waals surface area contributed by atoms with Gasteiger partial charge in [-0.3, -0.25) is 0 Å². The maximum absolute atomic E-state index is 12.2. The third-order valence-electron chi connectivity index (χ3n) is 4.27. The third kappa shape index (κ3) is 3.77. The molecule has 0 atom stereocenters. The molecule has 0 saturated carbocycles. The summed E-state index contributed by atoms with van der Waals surface area (Å²) in [6, 6.07) is 20.6. The van der Waals surface area contributed by atoms with Crippen LogP contribution in [-0.2, 0) is 6.61 Å². The van der Waals surface area contributed by atoms with Gasteiger partial charge in [0.2, 0.25) is 0 Å². The van der Waals surface area contributed by atoms with Gasteiger partial charge in [-0.2, -0.15) is 0 Å². The largest absolute Gasteiger partial charge is 0.487 e. The number of rotatable bonds is 5. The number of urea groups is 1. The number of pyridine rings is 1. The zero-order valence-electron chi connectivity index (χ0n) is 15.1. The van der Waals surface area contributed by atoms with E-state index in [-0.39, 0.29) is 6.03 Å². The van der Waals surface area contributed by atoms with Gasteiger partial charge in [0.15, 0.2) is 0 Å². The van der Waals surface area contributed by atoms with Crippen LogP contribution in [0.3, 0.4) is 0 Å². The number of anilines is 1. The first-order valence-electron chi connectivity index (χ1n) is 8.64. The Kier molecular flexibility index (Phi) is 5.12. The molecule has 142 valence electrons. The number of carbonyl (C=O) groups is 1. The molecule has 8 heteroatoms. The Hall–Kier alpha value is -3.13. The summed E-state index contributed by atoms with van der Waals surface area (Å²) >= 11 is 5.96. The van der Waals surface area contributed by atoms with Gasteiger partial charge in [0.25, 0.3) is 0 Å². The smallest absolute Gasteiger partial charge is 0.355 e. The van der Waals surface area contributed by atoms with Crippen LogP contribution in [0, 0.1) is 0 Å². The number of ether oxygens (including phenoxy) is 1. The lowest BCUT2D eigenvalue weighted by Crippen LogP contribution is -2.37. The first kappa shape index (κ1) is 18.2. The SMILES string of the molecule is CN1NNN(c2ccccc2OCc2ccc(-c3cccc(Cl)n3)cc2)C1=O. The van der Waals surface area contributed by atoms with E-state index in [1.54, 1.807) is 13.1 Å².